The average Bonchev–Trinajstić information content (AvgIpc) is 3.34. The van der Waals surface area contributed by atoms with Gasteiger partial charge in [0.25, 0.3) is 0 Å². The molecule has 0 saturated heterocycles. The maximum Gasteiger partial charge on any atom is 0.308 e. The van der Waals surface area contributed by atoms with E-state index in [1.54, 1.807) is 18.3 Å². The highest BCUT2D eigenvalue weighted by Gasteiger charge is 2.25. The number of hydrogen-bond acceptors (Lipinski definition) is 6. The number of hydrogen-bond donors (Lipinski definition) is 1. The molecule has 1 fully saturated rings. The lowest BCUT2D eigenvalue weighted by Crippen LogP contribution is -2.09. The number of fused-ring (bicyclic) bond motifs is 1. The fourth-order valence-corrected chi connectivity index (χ4v) is 4.82. The normalized spacial score (nSPS) is 16.1. The van der Waals surface area contributed by atoms with Gasteiger partial charge in [-0.25, -0.2) is 18.4 Å². The van der Waals surface area contributed by atoms with Crippen LogP contribution in [-0.2, 0) is 14.6 Å². The lowest BCUT2D eigenvalue weighted by molar-refractivity contribution is -0.131. The molecule has 30 heavy (non-hydrogen) atoms. The molecule has 0 spiro atoms. The Morgan fingerprint density at radius 3 is 2.60 bits per heavy atom. The molecule has 8 heteroatoms. The molecule has 158 valence electrons. The van der Waals surface area contributed by atoms with Crippen LogP contribution in [0.25, 0.3) is 11.0 Å². The van der Waals surface area contributed by atoms with Crippen LogP contribution in [0.3, 0.4) is 0 Å². The number of H-pyrrole nitrogens is 1. The molecule has 1 atom stereocenters. The first-order valence-corrected chi connectivity index (χ1v) is 12.0. The fraction of sp³-hybridized carbons (Fsp3) is 0.409. The zero-order valence-corrected chi connectivity index (χ0v) is 17.9. The molecule has 0 aliphatic heterocycles. The van der Waals surface area contributed by atoms with Gasteiger partial charge in [-0.2, -0.15) is 0 Å². The lowest BCUT2D eigenvalue weighted by Gasteiger charge is -2.20. The Morgan fingerprint density at radius 2 is 1.97 bits per heavy atom. The number of nitrogens with zero attached hydrogens (tertiary/aromatic N) is 2. The smallest absolute Gasteiger partial charge is 0.308 e. The van der Waals surface area contributed by atoms with Crippen LogP contribution in [0.2, 0.25) is 0 Å². The van der Waals surface area contributed by atoms with E-state index in [-0.39, 0.29) is 16.9 Å². The SMILES string of the molecule is CC(=O)Oc1cnc2[nH]c(C(CC3CCCC3)c3ccc(S(C)(=O)=O)nc3)cc2c1. The summed E-state index contributed by atoms with van der Waals surface area (Å²) in [4.78, 5) is 23.2. The lowest BCUT2D eigenvalue weighted by atomic mass is 9.86. The van der Waals surface area contributed by atoms with Crippen molar-refractivity contribution in [1.82, 2.24) is 15.0 Å². The highest BCUT2D eigenvalue weighted by atomic mass is 32.2. The van der Waals surface area contributed by atoms with Gasteiger partial charge in [0.15, 0.2) is 14.9 Å². The second kappa shape index (κ2) is 8.18. The topological polar surface area (TPSA) is 102 Å². The summed E-state index contributed by atoms with van der Waals surface area (Å²) in [7, 11) is -3.34. The Morgan fingerprint density at radius 1 is 1.20 bits per heavy atom. The van der Waals surface area contributed by atoms with E-state index >= 15 is 0 Å². The van der Waals surface area contributed by atoms with Gasteiger partial charge in [0.05, 0.1) is 6.20 Å². The molecule has 3 aromatic rings. The maximum absolute atomic E-state index is 11.8. The Kier molecular flexibility index (Phi) is 5.60. The summed E-state index contributed by atoms with van der Waals surface area (Å²) in [6.07, 6.45) is 10.2. The monoisotopic (exact) mass is 427 g/mol. The predicted molar refractivity (Wildman–Crippen MR) is 113 cm³/mol. The third-order valence-electron chi connectivity index (χ3n) is 5.69. The first-order chi connectivity index (χ1) is 14.3. The quantitative estimate of drug-likeness (QED) is 0.597. The molecule has 4 rings (SSSR count). The maximum atomic E-state index is 11.8. The molecule has 0 bridgehead atoms. The summed E-state index contributed by atoms with van der Waals surface area (Å²) in [5, 5.41) is 0.941. The van der Waals surface area contributed by atoms with Gasteiger partial charge >= 0.3 is 5.97 Å². The fourth-order valence-electron chi connectivity index (χ4n) is 4.27. The molecule has 1 aliphatic rings. The van der Waals surface area contributed by atoms with Crippen molar-refractivity contribution in [1.29, 1.82) is 0 Å². The summed E-state index contributed by atoms with van der Waals surface area (Å²) in [5.74, 6) is 0.705. The van der Waals surface area contributed by atoms with Crippen molar-refractivity contribution in [2.75, 3.05) is 6.26 Å². The van der Waals surface area contributed by atoms with E-state index in [4.69, 9.17) is 4.74 Å². The molecule has 0 radical (unpaired) electrons. The van der Waals surface area contributed by atoms with Crippen LogP contribution in [0.15, 0.2) is 41.7 Å². The van der Waals surface area contributed by atoms with Gasteiger partial charge in [-0.05, 0) is 36.1 Å². The number of pyridine rings is 2. The molecule has 1 unspecified atom stereocenters. The molecule has 3 aromatic heterocycles. The molecule has 3 heterocycles. The first-order valence-electron chi connectivity index (χ1n) is 10.1. The number of sulfone groups is 1. The van der Waals surface area contributed by atoms with Crippen molar-refractivity contribution >= 4 is 26.8 Å². The number of esters is 1. The second-order valence-electron chi connectivity index (χ2n) is 8.07. The van der Waals surface area contributed by atoms with Gasteiger partial charge in [0.1, 0.15) is 11.4 Å². The van der Waals surface area contributed by atoms with Crippen LogP contribution < -0.4 is 4.74 Å². The minimum atomic E-state index is -3.34. The standard InChI is InChI=1S/C22H25N3O4S/c1-14(26)29-18-10-17-11-20(25-22(17)24-13-18)19(9-15-5-3-4-6-15)16-7-8-21(23-12-16)30(2,27)28/h7-8,10-13,15,19H,3-6,9H2,1-2H3,(H,24,25). The third-order valence-corrected chi connectivity index (χ3v) is 6.69. The minimum absolute atomic E-state index is 0.0561. The van der Waals surface area contributed by atoms with Gasteiger partial charge < -0.3 is 9.72 Å². The Balaban J connectivity index is 1.70. The molecular formula is C22H25N3O4S. The predicted octanol–water partition coefficient (Wildman–Crippen LogP) is 4.00. The van der Waals surface area contributed by atoms with Gasteiger partial charge in [-0.15, -0.1) is 0 Å². The molecule has 0 aromatic carbocycles. The number of carbonyl (C=O) groups excluding carboxylic acids is 1. The zero-order chi connectivity index (χ0) is 21.3. The van der Waals surface area contributed by atoms with Crippen LogP contribution in [-0.4, -0.2) is 35.6 Å². The zero-order valence-electron chi connectivity index (χ0n) is 17.1. The number of aromatic amines is 1. The van der Waals surface area contributed by atoms with E-state index in [1.807, 2.05) is 12.1 Å². The van der Waals surface area contributed by atoms with E-state index < -0.39 is 9.84 Å². The number of aromatic nitrogens is 3. The molecule has 7 nitrogen and oxygen atoms in total. The Labute approximate surface area is 175 Å². The van der Waals surface area contributed by atoms with Gasteiger partial charge in [0, 0.05) is 36.4 Å². The average molecular weight is 428 g/mol. The number of rotatable bonds is 6. The van der Waals surface area contributed by atoms with Crippen molar-refractivity contribution in [3.63, 3.8) is 0 Å². The number of nitrogens with one attached hydrogen (secondary N) is 1. The van der Waals surface area contributed by atoms with Crippen molar-refractivity contribution in [2.24, 2.45) is 5.92 Å². The van der Waals surface area contributed by atoms with Crippen molar-refractivity contribution in [2.45, 2.75) is 50.0 Å². The summed E-state index contributed by atoms with van der Waals surface area (Å²) < 4.78 is 28.7. The van der Waals surface area contributed by atoms with Gasteiger partial charge in [-0.1, -0.05) is 31.7 Å². The first kappa shape index (κ1) is 20.5. The van der Waals surface area contributed by atoms with E-state index in [9.17, 15) is 13.2 Å². The third kappa shape index (κ3) is 4.53. The Bertz CT molecular complexity index is 1160. The van der Waals surface area contributed by atoms with E-state index in [1.165, 1.54) is 38.8 Å². The Hall–Kier alpha value is -2.74. The van der Waals surface area contributed by atoms with E-state index in [2.05, 4.69) is 15.0 Å². The highest BCUT2D eigenvalue weighted by Crippen LogP contribution is 2.38. The molecule has 1 aliphatic carbocycles. The van der Waals surface area contributed by atoms with Crippen molar-refractivity contribution < 1.29 is 17.9 Å². The van der Waals surface area contributed by atoms with Crippen molar-refractivity contribution in [3.05, 3.63) is 47.9 Å². The molecular weight excluding hydrogens is 402 g/mol. The summed E-state index contributed by atoms with van der Waals surface area (Å²) >= 11 is 0. The largest absolute Gasteiger partial charge is 0.425 e. The van der Waals surface area contributed by atoms with Crippen molar-refractivity contribution in [3.8, 4) is 5.75 Å². The summed E-state index contributed by atoms with van der Waals surface area (Å²) in [6, 6.07) is 7.25. The van der Waals surface area contributed by atoms with Gasteiger partial charge in [0.2, 0.25) is 0 Å². The van der Waals surface area contributed by atoms with Crippen LogP contribution >= 0.6 is 0 Å². The van der Waals surface area contributed by atoms with Crippen LogP contribution in [0, 0.1) is 5.92 Å². The van der Waals surface area contributed by atoms with E-state index in [0.717, 1.165) is 35.0 Å². The van der Waals surface area contributed by atoms with Crippen LogP contribution in [0.5, 0.6) is 5.75 Å². The second-order valence-corrected chi connectivity index (χ2v) is 10.0. The highest BCUT2D eigenvalue weighted by molar-refractivity contribution is 7.90. The summed E-state index contributed by atoms with van der Waals surface area (Å²) in [5.41, 5.74) is 2.69. The van der Waals surface area contributed by atoms with E-state index in [0.29, 0.717) is 11.7 Å². The number of ether oxygens (including phenoxy) is 1. The molecule has 0 amide bonds. The molecule has 1 saturated carbocycles. The minimum Gasteiger partial charge on any atom is -0.425 e. The van der Waals surface area contributed by atoms with Gasteiger partial charge in [-0.3, -0.25) is 4.79 Å². The summed E-state index contributed by atoms with van der Waals surface area (Å²) in [6.45, 7) is 1.36. The van der Waals surface area contributed by atoms with Crippen LogP contribution in [0.4, 0.5) is 0 Å². The number of carbonyl (C=O) groups is 1. The van der Waals surface area contributed by atoms with Crippen LogP contribution in [0.1, 0.15) is 56.2 Å². The molecule has 1 N–H and O–H groups in total.